The lowest BCUT2D eigenvalue weighted by Gasteiger charge is -2.19. The van der Waals surface area contributed by atoms with Gasteiger partial charge in [0.1, 0.15) is 11.4 Å². The first-order chi connectivity index (χ1) is 17.3. The summed E-state index contributed by atoms with van der Waals surface area (Å²) in [6.45, 7) is 4.58. The normalized spacial score (nSPS) is 12.5. The van der Waals surface area contributed by atoms with Crippen LogP contribution in [0.4, 0.5) is 5.69 Å². The van der Waals surface area contributed by atoms with Gasteiger partial charge in [-0.1, -0.05) is 17.7 Å². The van der Waals surface area contributed by atoms with Gasteiger partial charge < -0.3 is 18.9 Å². The van der Waals surface area contributed by atoms with Crippen molar-refractivity contribution in [2.75, 3.05) is 14.2 Å². The minimum absolute atomic E-state index is 0.0624. The molecule has 2 aromatic carbocycles. The lowest BCUT2D eigenvalue weighted by molar-refractivity contribution is -0.385. The van der Waals surface area contributed by atoms with Crippen molar-refractivity contribution in [3.8, 4) is 23.0 Å². The molecule has 0 saturated carbocycles. The Morgan fingerprint density at radius 3 is 2.36 bits per heavy atom. The second-order valence-corrected chi connectivity index (χ2v) is 8.68. The quantitative estimate of drug-likeness (QED) is 0.296. The summed E-state index contributed by atoms with van der Waals surface area (Å²) in [6.07, 6.45) is 3.86. The van der Waals surface area contributed by atoms with Crippen LogP contribution in [0.3, 0.4) is 0 Å². The zero-order chi connectivity index (χ0) is 25.6. The van der Waals surface area contributed by atoms with E-state index in [1.807, 2.05) is 59.8 Å². The minimum Gasteiger partial charge on any atom is -0.493 e. The van der Waals surface area contributed by atoms with Crippen molar-refractivity contribution in [1.82, 2.24) is 19.2 Å². The van der Waals surface area contributed by atoms with E-state index in [1.54, 1.807) is 4.90 Å². The maximum atomic E-state index is 13.5. The Labute approximate surface area is 207 Å². The molecule has 0 radical (unpaired) electrons. The molecule has 5 rings (SSSR count). The molecule has 10 nitrogen and oxygen atoms in total. The van der Waals surface area contributed by atoms with Gasteiger partial charge in [0.25, 0.3) is 11.6 Å². The number of carbonyl (C=O) groups excluding carboxylic acids is 1. The predicted octanol–water partition coefficient (Wildman–Crippen LogP) is 4.36. The van der Waals surface area contributed by atoms with Gasteiger partial charge in [0.05, 0.1) is 49.7 Å². The van der Waals surface area contributed by atoms with E-state index in [-0.39, 0.29) is 35.8 Å². The van der Waals surface area contributed by atoms with Crippen LogP contribution in [0.15, 0.2) is 54.9 Å². The maximum Gasteiger partial charge on any atom is 0.286 e. The van der Waals surface area contributed by atoms with Gasteiger partial charge in [-0.2, -0.15) is 5.10 Å². The van der Waals surface area contributed by atoms with E-state index in [0.29, 0.717) is 0 Å². The zero-order valence-electron chi connectivity index (χ0n) is 20.4. The number of aromatic nitrogens is 3. The van der Waals surface area contributed by atoms with E-state index in [9.17, 15) is 14.9 Å². The minimum atomic E-state index is -0.587. The summed E-state index contributed by atoms with van der Waals surface area (Å²) in [5, 5.41) is 16.6. The molecule has 0 N–H and O–H groups in total. The van der Waals surface area contributed by atoms with E-state index in [2.05, 4.69) is 6.07 Å². The molecule has 0 bridgehead atoms. The molecular weight excluding hydrogens is 462 g/mol. The van der Waals surface area contributed by atoms with Gasteiger partial charge >= 0.3 is 0 Å². The number of carbonyl (C=O) groups is 1. The molecule has 0 atom stereocenters. The molecule has 3 heterocycles. The number of nitrogens with zero attached hydrogens (tertiary/aromatic N) is 5. The van der Waals surface area contributed by atoms with Gasteiger partial charge in [-0.25, -0.2) is 4.68 Å². The van der Waals surface area contributed by atoms with Gasteiger partial charge in [-0.15, -0.1) is 0 Å². The third-order valence-electron chi connectivity index (χ3n) is 6.37. The summed E-state index contributed by atoms with van der Waals surface area (Å²) in [6, 6.07) is 12.6. The number of amides is 1. The molecule has 0 aliphatic carbocycles. The number of ether oxygens (including phenoxy) is 2. The molecule has 1 aliphatic heterocycles. The second kappa shape index (κ2) is 8.88. The number of nitro groups is 1. The number of nitro benzene ring substituents is 1. The molecule has 4 aromatic rings. The number of hydrogen-bond acceptors (Lipinski definition) is 6. The highest BCUT2D eigenvalue weighted by molar-refractivity contribution is 5.99. The third-order valence-corrected chi connectivity index (χ3v) is 6.37. The second-order valence-electron chi connectivity index (χ2n) is 8.68. The summed E-state index contributed by atoms with van der Waals surface area (Å²) in [5.74, 6) is 0.790. The number of benzene rings is 2. The lowest BCUT2D eigenvalue weighted by Crippen LogP contribution is -2.27. The average molecular weight is 488 g/mol. The van der Waals surface area contributed by atoms with E-state index in [0.717, 1.165) is 33.9 Å². The summed E-state index contributed by atoms with van der Waals surface area (Å²) in [7, 11) is 2.81. The molecule has 10 heteroatoms. The Morgan fingerprint density at radius 1 is 1.03 bits per heavy atom. The van der Waals surface area contributed by atoms with E-state index in [4.69, 9.17) is 14.6 Å². The van der Waals surface area contributed by atoms with E-state index >= 15 is 0 Å². The average Bonchev–Trinajstić information content (AvgIpc) is 3.59. The maximum absolute atomic E-state index is 13.5. The first-order valence-electron chi connectivity index (χ1n) is 11.3. The highest BCUT2D eigenvalue weighted by atomic mass is 16.6. The van der Waals surface area contributed by atoms with Crippen molar-refractivity contribution < 1.29 is 19.2 Å². The summed E-state index contributed by atoms with van der Waals surface area (Å²) < 4.78 is 14.3. The summed E-state index contributed by atoms with van der Waals surface area (Å²) in [5.41, 5.74) is 4.43. The van der Waals surface area contributed by atoms with Crippen LogP contribution in [0.5, 0.6) is 11.5 Å². The summed E-state index contributed by atoms with van der Waals surface area (Å²) >= 11 is 0. The Balaban J connectivity index is 1.56. The molecular formula is C26H25N5O5. The van der Waals surface area contributed by atoms with Crippen molar-refractivity contribution in [3.05, 3.63) is 92.9 Å². The van der Waals surface area contributed by atoms with Crippen LogP contribution >= 0.6 is 0 Å². The predicted molar refractivity (Wildman–Crippen MR) is 132 cm³/mol. The molecule has 2 aromatic heterocycles. The molecule has 0 saturated heterocycles. The molecule has 0 fully saturated rings. The van der Waals surface area contributed by atoms with E-state index < -0.39 is 10.8 Å². The van der Waals surface area contributed by atoms with Crippen LogP contribution in [-0.4, -0.2) is 44.3 Å². The van der Waals surface area contributed by atoms with E-state index in [1.165, 1.54) is 26.4 Å². The lowest BCUT2D eigenvalue weighted by atomic mass is 10.1. The Kier molecular flexibility index (Phi) is 5.71. The molecule has 1 aliphatic rings. The van der Waals surface area contributed by atoms with Crippen molar-refractivity contribution in [3.63, 3.8) is 0 Å². The molecule has 1 amide bonds. The largest absolute Gasteiger partial charge is 0.493 e. The fourth-order valence-electron chi connectivity index (χ4n) is 4.66. The van der Waals surface area contributed by atoms with Crippen LogP contribution in [0, 0.1) is 24.0 Å². The van der Waals surface area contributed by atoms with Gasteiger partial charge in [0.15, 0.2) is 11.5 Å². The Bertz CT molecular complexity index is 1490. The highest BCUT2D eigenvalue weighted by Gasteiger charge is 2.35. The molecule has 0 spiro atoms. The zero-order valence-corrected chi connectivity index (χ0v) is 20.4. The SMILES string of the molecule is COc1cc(C(=O)N2Cc3nn(-c4ccc(C)cc4C)c(-n4cccc4)c3C2)c([N+](=O)[O-])cc1OC. The highest BCUT2D eigenvalue weighted by Crippen LogP contribution is 2.37. The standard InChI is InChI=1S/C26H25N5O5/c1-16-7-8-21(17(2)11-16)30-25(28-9-5-6-10-28)19-14-29(15-20(19)27-30)26(32)18-12-23(35-3)24(36-4)13-22(18)31(33)34/h5-13H,14-15H2,1-4H3. The number of methoxy groups -OCH3 is 2. The first kappa shape index (κ1) is 23.2. The molecule has 36 heavy (non-hydrogen) atoms. The van der Waals surface area contributed by atoms with Crippen LogP contribution < -0.4 is 9.47 Å². The number of hydrogen-bond donors (Lipinski definition) is 0. The first-order valence-corrected chi connectivity index (χ1v) is 11.3. The van der Waals surface area contributed by atoms with Gasteiger partial charge in [-0.05, 0) is 37.6 Å². The fraction of sp³-hybridized carbons (Fsp3) is 0.231. The van der Waals surface area contributed by atoms with Crippen LogP contribution in [0.25, 0.3) is 11.5 Å². The molecule has 184 valence electrons. The smallest absolute Gasteiger partial charge is 0.286 e. The molecule has 0 unspecified atom stereocenters. The van der Waals surface area contributed by atoms with Crippen molar-refractivity contribution in [2.24, 2.45) is 0 Å². The topological polar surface area (TPSA) is 105 Å². The van der Waals surface area contributed by atoms with Crippen molar-refractivity contribution in [1.29, 1.82) is 0 Å². The summed E-state index contributed by atoms with van der Waals surface area (Å²) in [4.78, 5) is 26.3. The van der Waals surface area contributed by atoms with Crippen molar-refractivity contribution in [2.45, 2.75) is 26.9 Å². The number of aryl methyl sites for hydroxylation is 2. The number of fused-ring (bicyclic) bond motifs is 1. The number of rotatable bonds is 6. The van der Waals surface area contributed by atoms with Crippen molar-refractivity contribution >= 4 is 11.6 Å². The Morgan fingerprint density at radius 2 is 1.72 bits per heavy atom. The van der Waals surface area contributed by atoms with Crippen LogP contribution in [-0.2, 0) is 13.1 Å². The monoisotopic (exact) mass is 487 g/mol. The van der Waals surface area contributed by atoms with Gasteiger partial charge in [0, 0.05) is 24.0 Å². The third kappa shape index (κ3) is 3.76. The Hall–Kier alpha value is -4.60. The van der Waals surface area contributed by atoms with Gasteiger partial charge in [-0.3, -0.25) is 14.9 Å². The van der Waals surface area contributed by atoms with Crippen LogP contribution in [0.1, 0.15) is 32.7 Å². The van der Waals surface area contributed by atoms with Gasteiger partial charge in [0.2, 0.25) is 0 Å². The fourth-order valence-corrected chi connectivity index (χ4v) is 4.66. The van der Waals surface area contributed by atoms with Crippen LogP contribution in [0.2, 0.25) is 0 Å².